The third kappa shape index (κ3) is 36.3. The second-order valence-electron chi connectivity index (χ2n) is 22.7. The van der Waals surface area contributed by atoms with Gasteiger partial charge in [-0.1, -0.05) is 231 Å². The van der Waals surface area contributed by atoms with Crippen LogP contribution in [0.5, 0.6) is 0 Å². The summed E-state index contributed by atoms with van der Waals surface area (Å²) in [6, 6.07) is 137. The van der Waals surface area contributed by atoms with E-state index in [1.165, 1.54) is 108 Å². The molecule has 16 heteroatoms. The van der Waals surface area contributed by atoms with E-state index in [1.54, 1.807) is 6.20 Å². The third-order valence-electron chi connectivity index (χ3n) is 16.0. The van der Waals surface area contributed by atoms with Crippen molar-refractivity contribution in [2.75, 3.05) is 18.5 Å². The van der Waals surface area contributed by atoms with Gasteiger partial charge in [0.05, 0.1) is 89.9 Å². The van der Waals surface area contributed by atoms with Crippen molar-refractivity contribution in [2.45, 2.75) is 38.6 Å². The first-order valence-corrected chi connectivity index (χ1v) is 55.3. The average Bonchev–Trinajstić information content (AvgIpc) is 0.821. The van der Waals surface area contributed by atoms with Crippen LogP contribution in [-0.2, 0) is 52.0 Å². The minimum absolute atomic E-state index is 0. The fourth-order valence-electron chi connectivity index (χ4n) is 11.4. The minimum Gasteiger partial charge on any atom is -0.672 e. The van der Waals surface area contributed by atoms with Crippen molar-refractivity contribution in [3.8, 4) is 0 Å². The third-order valence-corrected chi connectivity index (χ3v) is 30.3. The molecule has 2 nitrogen and oxygen atoms in total. The van der Waals surface area contributed by atoms with Gasteiger partial charge in [0.2, 0.25) is 0 Å². The number of hydrogen-bond acceptors (Lipinski definition) is 1. The first kappa shape index (κ1) is 92.9. The molecule has 13 rings (SSSR count). The molecule has 13 aromatic rings. The summed E-state index contributed by atoms with van der Waals surface area (Å²) < 4.78 is 0. The van der Waals surface area contributed by atoms with E-state index in [0.717, 1.165) is 12.1 Å². The van der Waals surface area contributed by atoms with Crippen molar-refractivity contribution in [1.82, 2.24) is 4.98 Å². The topological polar surface area (TPSA) is 36.7 Å². The zero-order valence-electron chi connectivity index (χ0n) is 59.3. The van der Waals surface area contributed by atoms with Crippen molar-refractivity contribution in [1.29, 1.82) is 0 Å². The molecule has 0 fully saturated rings. The molecule has 0 spiro atoms. The maximum atomic E-state index is 6.88. The molecule has 0 unspecified atom stereocenters. The second kappa shape index (κ2) is 60.3. The van der Waals surface area contributed by atoms with Crippen LogP contribution in [0.1, 0.15) is 37.8 Å². The summed E-state index contributed by atoms with van der Waals surface area (Å²) in [6.07, 6.45) is 11.8. The number of rotatable bonds is 22. The molecular weight excluding hydrogens is 1770 g/mol. The zero-order valence-corrected chi connectivity index (χ0v) is 74.0. The molecule has 105 heavy (non-hydrogen) atoms. The fourth-order valence-corrected chi connectivity index (χ4v) is 24.7. The predicted molar refractivity (Wildman–Crippen MR) is 478 cm³/mol. The van der Waals surface area contributed by atoms with E-state index in [-0.39, 0.29) is 66.8 Å². The standard InChI is InChI=1S/C28H28P2.2C18H15P.C17H20P.C6H7N2.2CH3.6ClH.3Ru/c1-5-15-25(16-6-1)29(26-17-7-2-8-18-26)23-13-14-24-30(27-19-9-3-10-20-27)28-21-11-4-12-22-28;2*1-4-10-16(11-5-1)19(17-12-6-2-7-13-17)18-14-8-3-9-15-18;1-2-3-10-15-18(16-11-6-4-7-12-16)17-13-8-5-9-14-17;7-5-6-3-1-2-4-8-6;;;;;;;;;;;/h1-12,15-22H,13-14,23-24H2;2*1-15H;4-9,11-14H,1-3,10,15H2;1-4,7H,5H2;2*1H3;6*1H;;;/q;;;4*-1;;;;;;;+2;2*+4/p-1. The molecule has 0 radical (unpaired) electrons. The van der Waals surface area contributed by atoms with E-state index in [9.17, 15) is 0 Å². The summed E-state index contributed by atoms with van der Waals surface area (Å²) in [7, 11) is 25.3. The van der Waals surface area contributed by atoms with Crippen LogP contribution in [-0.4, -0.2) is 23.5 Å². The van der Waals surface area contributed by atoms with Crippen molar-refractivity contribution in [3.05, 3.63) is 422 Å². The maximum absolute atomic E-state index is 6.88. The van der Waals surface area contributed by atoms with Crippen molar-refractivity contribution < 1.29 is 45.4 Å². The number of aromatic nitrogens is 1. The molecule has 1 heterocycles. The van der Waals surface area contributed by atoms with E-state index in [0.29, 0.717) is 0 Å². The number of hydrogen-bond donors (Lipinski definition) is 0. The molecule has 0 saturated heterocycles. The molecular formula is C89H96Cl6N2P5Ru3+5. The Morgan fingerprint density at radius 2 is 0.438 bits per heavy atom. The second-order valence-corrected chi connectivity index (χ2v) is 43.5. The van der Waals surface area contributed by atoms with E-state index in [1.807, 2.05) is 18.2 Å². The monoisotopic (exact) mass is 1860 g/mol. The molecule has 1 aromatic heterocycles. The predicted octanol–water partition coefficient (Wildman–Crippen LogP) is 22.4. The van der Waals surface area contributed by atoms with Gasteiger partial charge in [0.15, 0.2) is 0 Å². The first-order chi connectivity index (χ1) is 50.9. The van der Waals surface area contributed by atoms with Gasteiger partial charge in [-0.05, 0) is 177 Å². The Morgan fingerprint density at radius 1 is 0.276 bits per heavy atom. The van der Waals surface area contributed by atoms with Crippen molar-refractivity contribution in [3.63, 3.8) is 0 Å². The minimum atomic E-state index is -0.877. The van der Waals surface area contributed by atoms with Crippen LogP contribution in [0.3, 0.4) is 0 Å². The van der Waals surface area contributed by atoms with Gasteiger partial charge in [-0.15, -0.1) is 6.54 Å². The fraction of sp³-hybridized carbons (Fsp3) is 0.101. The Morgan fingerprint density at radius 3 is 0.581 bits per heavy atom. The van der Waals surface area contributed by atoms with Gasteiger partial charge < -0.3 is 27.5 Å². The van der Waals surface area contributed by atoms with Gasteiger partial charge in [0, 0.05) is 11.9 Å². The Bertz CT molecular complexity index is 3580. The van der Waals surface area contributed by atoms with Crippen LogP contribution >= 0.6 is 97.8 Å². The maximum Gasteiger partial charge on any atom is 0.102 e. The van der Waals surface area contributed by atoms with Gasteiger partial charge in [-0.3, -0.25) is 4.98 Å². The zero-order chi connectivity index (χ0) is 72.8. The number of halogens is 6. The molecule has 0 aliphatic carbocycles. The van der Waals surface area contributed by atoms with Gasteiger partial charge >= 0.3 is 104 Å². The van der Waals surface area contributed by atoms with Crippen LogP contribution in [0.15, 0.2) is 388 Å². The van der Waals surface area contributed by atoms with Crippen LogP contribution in [0, 0.1) is 21.8 Å². The molecule has 0 aliphatic heterocycles. The smallest absolute Gasteiger partial charge is 0.102 e. The van der Waals surface area contributed by atoms with E-state index in [4.69, 9.17) is 63.9 Å². The molecule has 1 N–H and O–H groups in total. The molecule has 0 bridgehead atoms. The molecule has 548 valence electrons. The molecule has 0 saturated carbocycles. The first-order valence-electron chi connectivity index (χ1n) is 33.8. The Labute approximate surface area is 683 Å². The summed E-state index contributed by atoms with van der Waals surface area (Å²) in [5.74, 6) is 0. The Balaban J connectivity index is 0.000000278. The molecule has 12 aromatic carbocycles. The SMILES string of the molecule is [CH2-]CCCC[PH+](c1ccccc1)c1ccccc1.[CH3-].[CH3-].[Cl][Ru+2][Cl].[Cl][Ru+2][Cl].[Cl][Ru][Cl].[NH-]Cc1ccccn1.c1ccc([PH+](CCCC[PH+](c2ccccc2)c2ccccc2)c2ccccc2)cc1.c1ccc([PH+](c2ccccc2)c2ccccc2)cc1.c1ccc([PH+](c2ccccc2)c2ccccc2)cc1. The van der Waals surface area contributed by atoms with Gasteiger partial charge in [0.1, 0.15) is 31.8 Å². The quantitative estimate of drug-likeness (QED) is 0.0288. The van der Waals surface area contributed by atoms with Crippen LogP contribution < -0.4 is 63.7 Å². The average molecular weight is 1860 g/mol. The number of benzene rings is 12. The van der Waals surface area contributed by atoms with Crippen LogP contribution in [0.25, 0.3) is 5.73 Å². The van der Waals surface area contributed by atoms with Crippen LogP contribution in [0.4, 0.5) is 0 Å². The Kier molecular flexibility index (Phi) is 53.4. The number of unbranched alkanes of at least 4 members (excludes halogenated alkanes) is 3. The Hall–Kier alpha value is -4.49. The molecule has 0 aliphatic rings. The summed E-state index contributed by atoms with van der Waals surface area (Å²) in [4.78, 5) is 3.91. The van der Waals surface area contributed by atoms with E-state index < -0.39 is 39.6 Å². The van der Waals surface area contributed by atoms with E-state index >= 15 is 0 Å². The largest absolute Gasteiger partial charge is 0.672 e. The van der Waals surface area contributed by atoms with E-state index in [2.05, 4.69) is 376 Å². The summed E-state index contributed by atoms with van der Waals surface area (Å²) in [6.45, 7) is 4.22. The number of nitrogens with one attached hydrogen (secondary N) is 1. The molecule has 0 amide bonds. The normalized spacial score (nSPS) is 10.1. The summed E-state index contributed by atoms with van der Waals surface area (Å²) in [5.41, 5.74) is 7.71. The van der Waals surface area contributed by atoms with Crippen LogP contribution in [0.2, 0.25) is 0 Å². The molecule has 0 atom stereocenters. The number of nitrogens with zero attached hydrogens (tertiary/aromatic N) is 1. The van der Waals surface area contributed by atoms with Gasteiger partial charge in [0.25, 0.3) is 0 Å². The van der Waals surface area contributed by atoms with Crippen molar-refractivity contribution >= 4 is 161 Å². The van der Waals surface area contributed by atoms with Gasteiger partial charge in [-0.25, -0.2) is 0 Å². The van der Waals surface area contributed by atoms with Gasteiger partial charge in [-0.2, -0.15) is 6.42 Å². The number of pyridine rings is 1. The van der Waals surface area contributed by atoms with Crippen molar-refractivity contribution in [2.24, 2.45) is 0 Å². The summed E-state index contributed by atoms with van der Waals surface area (Å²) in [5, 5.41) is 17.8. The summed E-state index contributed by atoms with van der Waals surface area (Å²) >= 11 is -1.04.